The molecular formula is C15H25NS. The summed E-state index contributed by atoms with van der Waals surface area (Å²) in [5.41, 5.74) is 0. The van der Waals surface area contributed by atoms with Gasteiger partial charge in [0.15, 0.2) is 0 Å². The van der Waals surface area contributed by atoms with E-state index in [2.05, 4.69) is 31.3 Å². The highest BCUT2D eigenvalue weighted by Gasteiger charge is 2.23. The third kappa shape index (κ3) is 3.56. The highest BCUT2D eigenvalue weighted by molar-refractivity contribution is 7.12. The monoisotopic (exact) mass is 251 g/mol. The third-order valence-electron chi connectivity index (χ3n) is 3.81. The Labute approximate surface area is 110 Å². The summed E-state index contributed by atoms with van der Waals surface area (Å²) in [6.45, 7) is 5.64. The summed E-state index contributed by atoms with van der Waals surface area (Å²) < 4.78 is 0. The molecule has 1 aromatic heterocycles. The minimum Gasteiger partial charge on any atom is -0.309 e. The van der Waals surface area contributed by atoms with Gasteiger partial charge in [0.25, 0.3) is 0 Å². The van der Waals surface area contributed by atoms with Crippen molar-refractivity contribution in [3.05, 3.63) is 21.9 Å². The Kier molecular flexibility index (Phi) is 5.05. The smallest absolute Gasteiger partial charge is 0.0417 e. The fourth-order valence-corrected chi connectivity index (χ4v) is 3.49. The molecule has 1 aliphatic carbocycles. The largest absolute Gasteiger partial charge is 0.309 e. The summed E-state index contributed by atoms with van der Waals surface area (Å²) >= 11 is 2.01. The number of hydrogen-bond acceptors (Lipinski definition) is 2. The van der Waals surface area contributed by atoms with Crippen molar-refractivity contribution in [1.29, 1.82) is 0 Å². The summed E-state index contributed by atoms with van der Waals surface area (Å²) in [6.07, 6.45) is 8.12. The maximum Gasteiger partial charge on any atom is 0.0417 e. The van der Waals surface area contributed by atoms with Gasteiger partial charge < -0.3 is 5.32 Å². The maximum absolute atomic E-state index is 3.73. The zero-order valence-electron chi connectivity index (χ0n) is 11.2. The first-order valence-electron chi connectivity index (χ1n) is 7.15. The van der Waals surface area contributed by atoms with E-state index in [-0.39, 0.29) is 0 Å². The molecule has 1 N–H and O–H groups in total. The summed E-state index contributed by atoms with van der Waals surface area (Å²) in [6, 6.07) is 5.27. The van der Waals surface area contributed by atoms with E-state index in [0.29, 0.717) is 6.04 Å². The molecule has 0 radical (unpaired) electrons. The molecule has 0 saturated heterocycles. The average molecular weight is 251 g/mol. The van der Waals surface area contributed by atoms with E-state index < -0.39 is 0 Å². The van der Waals surface area contributed by atoms with E-state index in [1.54, 1.807) is 4.88 Å². The Balaban J connectivity index is 1.96. The average Bonchev–Trinajstić information content (AvgIpc) is 2.75. The summed E-state index contributed by atoms with van der Waals surface area (Å²) in [7, 11) is 0. The van der Waals surface area contributed by atoms with Gasteiger partial charge in [-0.3, -0.25) is 0 Å². The van der Waals surface area contributed by atoms with Gasteiger partial charge in [-0.25, -0.2) is 0 Å². The van der Waals surface area contributed by atoms with Crippen LogP contribution < -0.4 is 5.32 Å². The van der Waals surface area contributed by atoms with Crippen molar-refractivity contribution >= 4 is 11.3 Å². The van der Waals surface area contributed by atoms with Crippen LogP contribution in [0.5, 0.6) is 0 Å². The normalized spacial score (nSPS) is 18.0. The van der Waals surface area contributed by atoms with Gasteiger partial charge in [0.2, 0.25) is 0 Å². The molecule has 96 valence electrons. The Morgan fingerprint density at radius 2 is 2.18 bits per heavy atom. The SMILES string of the molecule is CCCNC(CC1CCC1)c1ccc(CC)s1. The van der Waals surface area contributed by atoms with E-state index in [1.165, 1.54) is 43.4 Å². The predicted molar refractivity (Wildman–Crippen MR) is 76.7 cm³/mol. The van der Waals surface area contributed by atoms with E-state index >= 15 is 0 Å². The first-order valence-corrected chi connectivity index (χ1v) is 7.97. The molecule has 1 heterocycles. The molecule has 2 rings (SSSR count). The molecule has 0 bridgehead atoms. The number of aryl methyl sites for hydroxylation is 1. The fourth-order valence-electron chi connectivity index (χ4n) is 2.45. The van der Waals surface area contributed by atoms with Crippen LogP contribution in [-0.2, 0) is 6.42 Å². The molecule has 1 nitrogen and oxygen atoms in total. The lowest BCUT2D eigenvalue weighted by atomic mass is 9.80. The Bertz CT molecular complexity index is 327. The van der Waals surface area contributed by atoms with Crippen LogP contribution in [-0.4, -0.2) is 6.54 Å². The van der Waals surface area contributed by atoms with Crippen LogP contribution in [0.3, 0.4) is 0 Å². The third-order valence-corrected chi connectivity index (χ3v) is 5.15. The highest BCUT2D eigenvalue weighted by Crippen LogP contribution is 2.36. The zero-order valence-corrected chi connectivity index (χ0v) is 12.0. The van der Waals surface area contributed by atoms with Crippen LogP contribution in [0.2, 0.25) is 0 Å². The number of nitrogens with one attached hydrogen (secondary N) is 1. The molecule has 1 fully saturated rings. The first kappa shape index (κ1) is 13.1. The van der Waals surface area contributed by atoms with Crippen LogP contribution >= 0.6 is 11.3 Å². The molecule has 17 heavy (non-hydrogen) atoms. The van der Waals surface area contributed by atoms with Gasteiger partial charge in [-0.1, -0.05) is 33.1 Å². The van der Waals surface area contributed by atoms with Gasteiger partial charge in [-0.2, -0.15) is 0 Å². The van der Waals surface area contributed by atoms with Crippen molar-refractivity contribution < 1.29 is 0 Å². The zero-order chi connectivity index (χ0) is 12.1. The molecule has 1 saturated carbocycles. The second kappa shape index (κ2) is 6.55. The van der Waals surface area contributed by atoms with E-state index in [0.717, 1.165) is 12.5 Å². The molecule has 2 heteroatoms. The Morgan fingerprint density at radius 3 is 2.71 bits per heavy atom. The lowest BCUT2D eigenvalue weighted by molar-refractivity contribution is 0.262. The second-order valence-corrected chi connectivity index (χ2v) is 6.40. The molecular weight excluding hydrogens is 226 g/mol. The lowest BCUT2D eigenvalue weighted by Gasteiger charge is -2.29. The molecule has 0 aromatic carbocycles. The van der Waals surface area contributed by atoms with Crippen LogP contribution in [0.1, 0.15) is 61.7 Å². The van der Waals surface area contributed by atoms with Gasteiger partial charge in [0.1, 0.15) is 0 Å². The second-order valence-electron chi connectivity index (χ2n) is 5.20. The van der Waals surface area contributed by atoms with Crippen molar-refractivity contribution in [3.8, 4) is 0 Å². The highest BCUT2D eigenvalue weighted by atomic mass is 32.1. The summed E-state index contributed by atoms with van der Waals surface area (Å²) in [4.78, 5) is 3.08. The standard InChI is InChI=1S/C15H25NS/c1-3-10-16-14(11-12-6-5-7-12)15-9-8-13(4-2)17-15/h8-9,12,14,16H,3-7,10-11H2,1-2H3. The Morgan fingerprint density at radius 1 is 1.35 bits per heavy atom. The predicted octanol–water partition coefficient (Wildman–Crippen LogP) is 4.54. The van der Waals surface area contributed by atoms with Gasteiger partial charge in [0, 0.05) is 15.8 Å². The molecule has 0 amide bonds. The van der Waals surface area contributed by atoms with Crippen molar-refractivity contribution in [2.45, 2.75) is 58.4 Å². The number of rotatable bonds is 7. The fraction of sp³-hybridized carbons (Fsp3) is 0.733. The molecule has 1 aliphatic rings. The van der Waals surface area contributed by atoms with E-state index in [4.69, 9.17) is 0 Å². The van der Waals surface area contributed by atoms with Crippen molar-refractivity contribution in [2.75, 3.05) is 6.54 Å². The van der Waals surface area contributed by atoms with Crippen LogP contribution in [0.4, 0.5) is 0 Å². The molecule has 1 aromatic rings. The van der Waals surface area contributed by atoms with E-state index in [1.807, 2.05) is 11.3 Å². The molecule has 0 aliphatic heterocycles. The summed E-state index contributed by atoms with van der Waals surface area (Å²) in [5, 5.41) is 3.73. The molecule has 1 unspecified atom stereocenters. The van der Waals surface area contributed by atoms with Crippen molar-refractivity contribution in [2.24, 2.45) is 5.92 Å². The topological polar surface area (TPSA) is 12.0 Å². The van der Waals surface area contributed by atoms with Gasteiger partial charge in [-0.15, -0.1) is 11.3 Å². The quantitative estimate of drug-likeness (QED) is 0.750. The van der Waals surface area contributed by atoms with Gasteiger partial charge >= 0.3 is 0 Å². The maximum atomic E-state index is 3.73. The van der Waals surface area contributed by atoms with E-state index in [9.17, 15) is 0 Å². The van der Waals surface area contributed by atoms with Crippen LogP contribution in [0.15, 0.2) is 12.1 Å². The first-order chi connectivity index (χ1) is 8.33. The minimum atomic E-state index is 0.616. The minimum absolute atomic E-state index is 0.616. The summed E-state index contributed by atoms with van der Waals surface area (Å²) in [5.74, 6) is 0.983. The lowest BCUT2D eigenvalue weighted by Crippen LogP contribution is -2.26. The molecule has 1 atom stereocenters. The van der Waals surface area contributed by atoms with Gasteiger partial charge in [-0.05, 0) is 43.9 Å². The van der Waals surface area contributed by atoms with Crippen molar-refractivity contribution in [3.63, 3.8) is 0 Å². The number of thiophene rings is 1. The van der Waals surface area contributed by atoms with Crippen molar-refractivity contribution in [1.82, 2.24) is 5.32 Å². The number of hydrogen-bond donors (Lipinski definition) is 1. The van der Waals surface area contributed by atoms with Crippen LogP contribution in [0, 0.1) is 5.92 Å². The molecule has 0 spiro atoms. The van der Waals surface area contributed by atoms with Gasteiger partial charge in [0.05, 0.1) is 0 Å². The van der Waals surface area contributed by atoms with Crippen LogP contribution in [0.25, 0.3) is 0 Å². The Hall–Kier alpha value is -0.340.